The van der Waals surface area contributed by atoms with Gasteiger partial charge in [-0.3, -0.25) is 9.69 Å². The number of hydrogen-bond acceptors (Lipinski definition) is 2. The second kappa shape index (κ2) is 8.37. The molecule has 0 radical (unpaired) electrons. The molecule has 2 aromatic carbocycles. The highest BCUT2D eigenvalue weighted by molar-refractivity contribution is 6.42. The van der Waals surface area contributed by atoms with Crippen LogP contribution in [0.25, 0.3) is 0 Å². The molecular formula is C19H17Cl4NO2. The van der Waals surface area contributed by atoms with Crippen molar-refractivity contribution in [2.24, 2.45) is 5.92 Å². The molecule has 1 N–H and O–H groups in total. The number of carbonyl (C=O) groups is 1. The molecule has 0 aliphatic carbocycles. The molecule has 1 aliphatic heterocycles. The third kappa shape index (κ3) is 4.29. The molecule has 26 heavy (non-hydrogen) atoms. The van der Waals surface area contributed by atoms with Crippen molar-refractivity contribution in [3.05, 3.63) is 67.6 Å². The van der Waals surface area contributed by atoms with E-state index in [-0.39, 0.29) is 12.0 Å². The molecule has 0 spiro atoms. The number of benzene rings is 2. The number of likely N-dealkylation sites (tertiary alicyclic amines) is 1. The molecule has 1 unspecified atom stereocenters. The van der Waals surface area contributed by atoms with Crippen LogP contribution in [0, 0.1) is 5.92 Å². The van der Waals surface area contributed by atoms with Crippen LogP contribution in [0.3, 0.4) is 0 Å². The fourth-order valence-electron chi connectivity index (χ4n) is 3.40. The molecule has 1 atom stereocenters. The second-order valence-electron chi connectivity index (χ2n) is 6.39. The van der Waals surface area contributed by atoms with Crippen molar-refractivity contribution in [3.8, 4) is 0 Å². The van der Waals surface area contributed by atoms with Gasteiger partial charge in [0.25, 0.3) is 0 Å². The van der Waals surface area contributed by atoms with E-state index in [9.17, 15) is 9.90 Å². The maximum atomic E-state index is 11.3. The van der Waals surface area contributed by atoms with E-state index in [0.717, 1.165) is 11.1 Å². The predicted molar refractivity (Wildman–Crippen MR) is 107 cm³/mol. The minimum atomic E-state index is -0.736. The van der Waals surface area contributed by atoms with Crippen LogP contribution in [0.15, 0.2) is 36.4 Å². The minimum absolute atomic E-state index is 0.149. The van der Waals surface area contributed by atoms with Crippen LogP contribution < -0.4 is 0 Å². The van der Waals surface area contributed by atoms with Crippen molar-refractivity contribution in [1.82, 2.24) is 4.90 Å². The summed E-state index contributed by atoms with van der Waals surface area (Å²) < 4.78 is 0. The maximum Gasteiger partial charge on any atom is 0.306 e. The molecule has 0 amide bonds. The van der Waals surface area contributed by atoms with Gasteiger partial charge >= 0.3 is 5.97 Å². The molecule has 0 bridgehead atoms. The average molecular weight is 433 g/mol. The van der Waals surface area contributed by atoms with Crippen molar-refractivity contribution in [2.45, 2.75) is 18.9 Å². The summed E-state index contributed by atoms with van der Waals surface area (Å²) in [6, 6.07) is 10.8. The maximum absolute atomic E-state index is 11.3. The summed E-state index contributed by atoms with van der Waals surface area (Å²) in [5.74, 6) is -1.04. The minimum Gasteiger partial charge on any atom is -0.481 e. The Labute approximate surface area is 172 Å². The smallest absolute Gasteiger partial charge is 0.306 e. The summed E-state index contributed by atoms with van der Waals surface area (Å²) in [7, 11) is 0. The van der Waals surface area contributed by atoms with Crippen LogP contribution in [0.1, 0.15) is 30.0 Å². The molecule has 1 heterocycles. The summed E-state index contributed by atoms with van der Waals surface area (Å²) in [6.07, 6.45) is 1.19. The Kier molecular flexibility index (Phi) is 6.37. The van der Waals surface area contributed by atoms with E-state index >= 15 is 0 Å². The molecule has 7 heteroatoms. The van der Waals surface area contributed by atoms with Crippen molar-refractivity contribution >= 4 is 52.4 Å². The number of carboxylic acid groups (broad SMARTS) is 1. The molecule has 138 valence electrons. The summed E-state index contributed by atoms with van der Waals surface area (Å²) in [5, 5.41) is 11.3. The SMILES string of the molecule is O=C(O)C1CCN(C(c2ccc(Cl)c(Cl)c2)c2ccc(Cl)cc2Cl)CC1. The van der Waals surface area contributed by atoms with Gasteiger partial charge in [0, 0.05) is 10.0 Å². The molecule has 1 saturated heterocycles. The van der Waals surface area contributed by atoms with E-state index < -0.39 is 5.97 Å². The number of nitrogens with zero attached hydrogens (tertiary/aromatic N) is 1. The lowest BCUT2D eigenvalue weighted by atomic mass is 9.91. The van der Waals surface area contributed by atoms with Gasteiger partial charge in [0.15, 0.2) is 0 Å². The summed E-state index contributed by atoms with van der Waals surface area (Å²) in [4.78, 5) is 13.5. The van der Waals surface area contributed by atoms with Gasteiger partial charge in [-0.05, 0) is 61.3 Å². The molecule has 0 saturated carbocycles. The van der Waals surface area contributed by atoms with Gasteiger partial charge < -0.3 is 5.11 Å². The van der Waals surface area contributed by atoms with Gasteiger partial charge in [0.2, 0.25) is 0 Å². The standard InChI is InChI=1S/C19H17Cl4NO2/c20-13-2-3-14(16(22)10-13)18(12-1-4-15(21)17(23)9-12)24-7-5-11(6-8-24)19(25)26/h1-4,9-11,18H,5-8H2,(H,25,26). The van der Waals surface area contributed by atoms with E-state index in [1.807, 2.05) is 18.2 Å². The third-order valence-corrected chi connectivity index (χ3v) is 6.06. The number of aliphatic carboxylic acids is 1. The van der Waals surface area contributed by atoms with Crippen molar-refractivity contribution in [3.63, 3.8) is 0 Å². The normalized spacial score (nSPS) is 17.2. The number of hydrogen-bond donors (Lipinski definition) is 1. The summed E-state index contributed by atoms with van der Waals surface area (Å²) >= 11 is 24.8. The Bertz CT molecular complexity index is 819. The number of halogens is 4. The summed E-state index contributed by atoms with van der Waals surface area (Å²) in [6.45, 7) is 1.31. The van der Waals surface area contributed by atoms with Gasteiger partial charge in [-0.25, -0.2) is 0 Å². The van der Waals surface area contributed by atoms with Crippen molar-refractivity contribution < 1.29 is 9.90 Å². The molecule has 3 nitrogen and oxygen atoms in total. The van der Waals surface area contributed by atoms with E-state index in [4.69, 9.17) is 46.4 Å². The predicted octanol–water partition coefficient (Wildman–Crippen LogP) is 6.19. The number of carboxylic acids is 1. The van der Waals surface area contributed by atoms with Gasteiger partial charge in [0.05, 0.1) is 22.0 Å². The Balaban J connectivity index is 1.99. The fraction of sp³-hybridized carbons (Fsp3) is 0.316. The van der Waals surface area contributed by atoms with Gasteiger partial charge in [0.1, 0.15) is 0 Å². The molecule has 0 aromatic heterocycles. The lowest BCUT2D eigenvalue weighted by molar-refractivity contribution is -0.143. The first-order valence-corrected chi connectivity index (χ1v) is 9.74. The summed E-state index contributed by atoms with van der Waals surface area (Å²) in [5.41, 5.74) is 1.86. The average Bonchev–Trinajstić information content (AvgIpc) is 2.60. The first-order valence-electron chi connectivity index (χ1n) is 8.23. The zero-order valence-corrected chi connectivity index (χ0v) is 16.8. The highest BCUT2D eigenvalue weighted by Gasteiger charge is 2.31. The fourth-order valence-corrected chi connectivity index (χ4v) is 4.22. The first kappa shape index (κ1) is 19.8. The molecule has 1 fully saturated rings. The lowest BCUT2D eigenvalue weighted by Crippen LogP contribution is -2.39. The van der Waals surface area contributed by atoms with Crippen LogP contribution in [-0.4, -0.2) is 29.1 Å². The van der Waals surface area contributed by atoms with Crippen LogP contribution in [0.5, 0.6) is 0 Å². The monoisotopic (exact) mass is 431 g/mol. The lowest BCUT2D eigenvalue weighted by Gasteiger charge is -2.37. The molecular weight excluding hydrogens is 416 g/mol. The quantitative estimate of drug-likeness (QED) is 0.626. The third-order valence-electron chi connectivity index (χ3n) is 4.76. The zero-order chi connectivity index (χ0) is 18.8. The van der Waals surface area contributed by atoms with Crippen LogP contribution in [0.4, 0.5) is 0 Å². The van der Waals surface area contributed by atoms with E-state index in [0.29, 0.717) is 46.0 Å². The largest absolute Gasteiger partial charge is 0.481 e. The Hall–Kier alpha value is -0.970. The Morgan fingerprint density at radius 3 is 2.23 bits per heavy atom. The van der Waals surface area contributed by atoms with Crippen LogP contribution >= 0.6 is 46.4 Å². The van der Waals surface area contributed by atoms with Gasteiger partial charge in [-0.2, -0.15) is 0 Å². The molecule has 1 aliphatic rings. The van der Waals surface area contributed by atoms with Crippen molar-refractivity contribution in [2.75, 3.05) is 13.1 Å². The number of piperidine rings is 1. The Morgan fingerprint density at radius 1 is 0.962 bits per heavy atom. The molecule has 2 aromatic rings. The van der Waals surface area contributed by atoms with Crippen LogP contribution in [-0.2, 0) is 4.79 Å². The van der Waals surface area contributed by atoms with Crippen LogP contribution in [0.2, 0.25) is 20.1 Å². The highest BCUT2D eigenvalue weighted by Crippen LogP contribution is 2.38. The van der Waals surface area contributed by atoms with E-state index in [2.05, 4.69) is 4.90 Å². The highest BCUT2D eigenvalue weighted by atomic mass is 35.5. The topological polar surface area (TPSA) is 40.5 Å². The Morgan fingerprint density at radius 2 is 1.65 bits per heavy atom. The van der Waals surface area contributed by atoms with Gasteiger partial charge in [-0.1, -0.05) is 58.5 Å². The number of rotatable bonds is 4. The first-order chi connectivity index (χ1) is 12.4. The van der Waals surface area contributed by atoms with Gasteiger partial charge in [-0.15, -0.1) is 0 Å². The van der Waals surface area contributed by atoms with Crippen molar-refractivity contribution in [1.29, 1.82) is 0 Å². The zero-order valence-electron chi connectivity index (χ0n) is 13.8. The molecule has 3 rings (SSSR count). The second-order valence-corrected chi connectivity index (χ2v) is 8.05. The van der Waals surface area contributed by atoms with E-state index in [1.165, 1.54) is 0 Å². The van der Waals surface area contributed by atoms with E-state index in [1.54, 1.807) is 18.2 Å².